The summed E-state index contributed by atoms with van der Waals surface area (Å²) in [5.74, 6) is -1.31. The van der Waals surface area contributed by atoms with Crippen molar-refractivity contribution in [1.29, 1.82) is 0 Å². The summed E-state index contributed by atoms with van der Waals surface area (Å²) in [7, 11) is -3.77. The van der Waals surface area contributed by atoms with Crippen molar-refractivity contribution in [3.63, 3.8) is 0 Å². The lowest BCUT2D eigenvalue weighted by Crippen LogP contribution is -2.21. The highest BCUT2D eigenvalue weighted by Crippen LogP contribution is 2.25. The monoisotopic (exact) mass is 331 g/mol. The molecule has 4 N–H and O–H groups in total. The quantitative estimate of drug-likeness (QED) is 0.540. The molecule has 0 radical (unpaired) electrons. The van der Waals surface area contributed by atoms with Crippen molar-refractivity contribution < 1.29 is 22.8 Å². The topological polar surface area (TPSA) is 110 Å². The third-order valence-electron chi connectivity index (χ3n) is 3.35. The molecule has 1 aromatic rings. The molecule has 7 heteroatoms. The summed E-state index contributed by atoms with van der Waals surface area (Å²) in [6.07, 6.45) is 5.56. The highest BCUT2D eigenvalue weighted by molar-refractivity contribution is 7.84. The van der Waals surface area contributed by atoms with Crippen molar-refractivity contribution in [3.05, 3.63) is 35.9 Å². The number of hydrogen-bond donors (Lipinski definition) is 3. The van der Waals surface area contributed by atoms with Crippen molar-refractivity contribution in [2.24, 2.45) is 5.14 Å². The second-order valence-electron chi connectivity index (χ2n) is 5.45. The van der Waals surface area contributed by atoms with Gasteiger partial charge in [0.15, 0.2) is 5.79 Å². The summed E-state index contributed by atoms with van der Waals surface area (Å²) in [5, 5.41) is 22.2. The van der Waals surface area contributed by atoms with Gasteiger partial charge in [0.2, 0.25) is 0 Å². The molecule has 0 amide bonds. The zero-order chi connectivity index (χ0) is 16.5. The van der Waals surface area contributed by atoms with Gasteiger partial charge in [0.05, 0.1) is 6.61 Å². The third kappa shape index (κ3) is 9.86. The van der Waals surface area contributed by atoms with E-state index in [-0.39, 0.29) is 6.61 Å². The van der Waals surface area contributed by atoms with Crippen LogP contribution >= 0.6 is 0 Å². The summed E-state index contributed by atoms with van der Waals surface area (Å²) in [6.45, 7) is 0.158. The van der Waals surface area contributed by atoms with Crippen LogP contribution in [-0.4, -0.2) is 31.0 Å². The fourth-order valence-corrected chi connectivity index (χ4v) is 2.54. The highest BCUT2D eigenvalue weighted by Gasteiger charge is 2.26. The van der Waals surface area contributed by atoms with Crippen LogP contribution in [0.2, 0.25) is 0 Å². The maximum atomic E-state index is 10.4. The third-order valence-corrected chi connectivity index (χ3v) is 3.85. The van der Waals surface area contributed by atoms with Crippen LogP contribution in [0.3, 0.4) is 0 Å². The SMILES string of the molecule is NS(=O)(=O)OCCCCc1ccccc1.OC1(O)CCCC1. The molecule has 126 valence electrons. The molecule has 0 bridgehead atoms. The molecule has 0 aromatic heterocycles. The number of nitrogens with two attached hydrogens (primary N) is 1. The van der Waals surface area contributed by atoms with Gasteiger partial charge in [-0.1, -0.05) is 30.3 Å². The standard InChI is InChI=1S/C10H15NO3S.C5H10O2/c11-15(12,13)14-9-5-4-8-10-6-2-1-3-7-10;6-5(7)3-1-2-4-5/h1-3,6-7H,4-5,8-9H2,(H2,11,12,13);6-7H,1-4H2. The van der Waals surface area contributed by atoms with Gasteiger partial charge in [0.25, 0.3) is 0 Å². The second-order valence-corrected chi connectivity index (χ2v) is 6.67. The Kier molecular flexibility index (Phi) is 7.98. The Bertz CT molecular complexity index is 508. The lowest BCUT2D eigenvalue weighted by Gasteiger charge is -2.11. The van der Waals surface area contributed by atoms with Crippen molar-refractivity contribution in [1.82, 2.24) is 0 Å². The van der Waals surface area contributed by atoms with E-state index in [0.717, 1.165) is 25.7 Å². The van der Waals surface area contributed by atoms with Gasteiger partial charge in [-0.15, -0.1) is 0 Å². The second kappa shape index (κ2) is 9.22. The van der Waals surface area contributed by atoms with Gasteiger partial charge < -0.3 is 10.2 Å². The number of aliphatic hydroxyl groups is 2. The molecule has 0 spiro atoms. The number of benzene rings is 1. The molecule has 0 aliphatic heterocycles. The summed E-state index contributed by atoms with van der Waals surface area (Å²) in [5.41, 5.74) is 1.24. The van der Waals surface area contributed by atoms with E-state index in [0.29, 0.717) is 19.3 Å². The lowest BCUT2D eigenvalue weighted by molar-refractivity contribution is -0.152. The van der Waals surface area contributed by atoms with Crippen LogP contribution < -0.4 is 5.14 Å². The molecule has 0 saturated heterocycles. The summed E-state index contributed by atoms with van der Waals surface area (Å²) in [6, 6.07) is 10.0. The Morgan fingerprint density at radius 1 is 1.09 bits per heavy atom. The van der Waals surface area contributed by atoms with Gasteiger partial charge >= 0.3 is 10.3 Å². The predicted molar refractivity (Wildman–Crippen MR) is 84.1 cm³/mol. The number of aryl methyl sites for hydroxylation is 1. The van der Waals surface area contributed by atoms with Crippen molar-refractivity contribution in [3.8, 4) is 0 Å². The number of hydrogen-bond acceptors (Lipinski definition) is 5. The lowest BCUT2D eigenvalue weighted by atomic mass is 10.1. The molecule has 1 aliphatic carbocycles. The summed E-state index contributed by atoms with van der Waals surface area (Å²) < 4.78 is 25.3. The van der Waals surface area contributed by atoms with Gasteiger partial charge in [0.1, 0.15) is 0 Å². The zero-order valence-electron chi connectivity index (χ0n) is 12.6. The van der Waals surface area contributed by atoms with E-state index in [1.165, 1.54) is 5.56 Å². The van der Waals surface area contributed by atoms with Crippen LogP contribution in [0.25, 0.3) is 0 Å². The summed E-state index contributed by atoms with van der Waals surface area (Å²) >= 11 is 0. The van der Waals surface area contributed by atoms with Crippen LogP contribution in [0.4, 0.5) is 0 Å². The molecule has 2 rings (SSSR count). The smallest absolute Gasteiger partial charge is 0.333 e. The normalized spacial score (nSPS) is 16.9. The molecule has 22 heavy (non-hydrogen) atoms. The van der Waals surface area contributed by atoms with Crippen molar-refractivity contribution in [2.75, 3.05) is 6.61 Å². The number of unbranched alkanes of at least 4 members (excludes halogenated alkanes) is 1. The Morgan fingerprint density at radius 2 is 1.68 bits per heavy atom. The first kappa shape index (κ1) is 19.1. The van der Waals surface area contributed by atoms with Crippen LogP contribution in [0.1, 0.15) is 44.1 Å². The first-order valence-corrected chi connectivity index (χ1v) is 8.91. The Balaban J connectivity index is 0.000000287. The molecule has 0 unspecified atom stereocenters. The van der Waals surface area contributed by atoms with Crippen LogP contribution in [0.15, 0.2) is 30.3 Å². The Morgan fingerprint density at radius 3 is 2.14 bits per heavy atom. The van der Waals surface area contributed by atoms with Gasteiger partial charge in [-0.25, -0.2) is 5.14 Å². The number of rotatable bonds is 6. The molecule has 1 aliphatic rings. The van der Waals surface area contributed by atoms with E-state index >= 15 is 0 Å². The van der Waals surface area contributed by atoms with E-state index < -0.39 is 16.1 Å². The molecule has 0 atom stereocenters. The molecular weight excluding hydrogens is 306 g/mol. The minimum absolute atomic E-state index is 0.158. The van der Waals surface area contributed by atoms with E-state index in [4.69, 9.17) is 10.2 Å². The van der Waals surface area contributed by atoms with E-state index in [1.807, 2.05) is 30.3 Å². The van der Waals surface area contributed by atoms with Crippen LogP contribution in [0, 0.1) is 0 Å². The highest BCUT2D eigenvalue weighted by atomic mass is 32.2. The average molecular weight is 331 g/mol. The maximum absolute atomic E-state index is 10.4. The van der Waals surface area contributed by atoms with Crippen molar-refractivity contribution >= 4 is 10.3 Å². The Labute approximate surface area is 132 Å². The largest absolute Gasteiger partial charge is 0.366 e. The molecule has 1 fully saturated rings. The fraction of sp³-hybridized carbons (Fsp3) is 0.600. The van der Waals surface area contributed by atoms with Crippen LogP contribution in [0.5, 0.6) is 0 Å². The zero-order valence-corrected chi connectivity index (χ0v) is 13.5. The van der Waals surface area contributed by atoms with Gasteiger partial charge in [-0.2, -0.15) is 8.42 Å². The fourth-order valence-electron chi connectivity index (χ4n) is 2.19. The van der Waals surface area contributed by atoms with E-state index in [2.05, 4.69) is 9.32 Å². The summed E-state index contributed by atoms with van der Waals surface area (Å²) in [4.78, 5) is 0. The molecule has 1 aromatic carbocycles. The van der Waals surface area contributed by atoms with Gasteiger partial charge in [-0.05, 0) is 37.7 Å². The first-order valence-electron chi connectivity index (χ1n) is 7.44. The van der Waals surface area contributed by atoms with Gasteiger partial charge in [0, 0.05) is 12.8 Å². The Hall–Kier alpha value is -0.990. The van der Waals surface area contributed by atoms with Gasteiger partial charge in [-0.3, -0.25) is 4.18 Å². The first-order chi connectivity index (χ1) is 10.3. The molecule has 1 saturated carbocycles. The molecular formula is C15H25NO5S. The molecule has 6 nitrogen and oxygen atoms in total. The van der Waals surface area contributed by atoms with E-state index in [9.17, 15) is 8.42 Å². The van der Waals surface area contributed by atoms with E-state index in [1.54, 1.807) is 0 Å². The minimum atomic E-state index is -3.77. The predicted octanol–water partition coefficient (Wildman–Crippen LogP) is 1.47. The molecule has 0 heterocycles. The minimum Gasteiger partial charge on any atom is -0.366 e. The maximum Gasteiger partial charge on any atom is 0.333 e. The van der Waals surface area contributed by atoms with Crippen molar-refractivity contribution in [2.45, 2.75) is 50.7 Å². The average Bonchev–Trinajstić information content (AvgIpc) is 2.83. The van der Waals surface area contributed by atoms with Crippen LogP contribution in [-0.2, 0) is 20.9 Å².